The Balaban J connectivity index is 1.75. The summed E-state index contributed by atoms with van der Waals surface area (Å²) in [7, 11) is 1.75. The van der Waals surface area contributed by atoms with E-state index in [1.807, 2.05) is 30.3 Å². The first-order valence-electron chi connectivity index (χ1n) is 9.70. The minimum Gasteiger partial charge on any atom is -0.494 e. The lowest BCUT2D eigenvalue weighted by Gasteiger charge is -2.08. The Labute approximate surface area is 163 Å². The molecule has 2 aromatic rings. The second kappa shape index (κ2) is 12.1. The van der Waals surface area contributed by atoms with Gasteiger partial charge in [0.1, 0.15) is 5.75 Å². The fourth-order valence-electron chi connectivity index (χ4n) is 2.81. The number of hydrogen-bond acceptors (Lipinski definition) is 3. The van der Waals surface area contributed by atoms with Gasteiger partial charge in [0.15, 0.2) is 5.78 Å². The summed E-state index contributed by atoms with van der Waals surface area (Å²) in [6.45, 7) is 3.18. The monoisotopic (exact) mass is 366 g/mol. The average Bonchev–Trinajstić information content (AvgIpc) is 2.69. The van der Waals surface area contributed by atoms with Crippen molar-refractivity contribution in [3.63, 3.8) is 0 Å². The van der Waals surface area contributed by atoms with Crippen molar-refractivity contribution in [1.29, 1.82) is 0 Å². The van der Waals surface area contributed by atoms with Crippen molar-refractivity contribution < 1.29 is 14.3 Å². The molecule has 0 heterocycles. The molecule has 0 aliphatic carbocycles. The maximum atomic E-state index is 11.0. The van der Waals surface area contributed by atoms with Gasteiger partial charge in [0.25, 0.3) is 0 Å². The summed E-state index contributed by atoms with van der Waals surface area (Å²) in [5.41, 5.74) is 3.33. The Bertz CT molecular complexity index is 699. The lowest BCUT2D eigenvalue weighted by Crippen LogP contribution is -1.97. The third-order valence-electron chi connectivity index (χ3n) is 4.37. The number of hydrogen-bond donors (Lipinski definition) is 0. The quantitative estimate of drug-likeness (QED) is 0.345. The highest BCUT2D eigenvalue weighted by Gasteiger charge is 2.00. The highest BCUT2D eigenvalue weighted by atomic mass is 16.5. The van der Waals surface area contributed by atoms with E-state index < -0.39 is 0 Å². The second-order valence-corrected chi connectivity index (χ2v) is 6.70. The number of unbranched alkanes of at least 4 members (excludes halogenated alkanes) is 4. The van der Waals surface area contributed by atoms with E-state index in [0.717, 1.165) is 48.5 Å². The minimum atomic E-state index is 0.0563. The third-order valence-corrected chi connectivity index (χ3v) is 4.37. The number of methoxy groups -OCH3 is 1. The molecule has 3 nitrogen and oxygen atoms in total. The molecule has 3 heteroatoms. The van der Waals surface area contributed by atoms with E-state index in [-0.39, 0.29) is 5.78 Å². The van der Waals surface area contributed by atoms with Crippen molar-refractivity contribution in [3.8, 4) is 16.9 Å². The van der Waals surface area contributed by atoms with Gasteiger partial charge < -0.3 is 9.47 Å². The predicted octanol–water partition coefficient (Wildman–Crippen LogP) is 5.93. The largest absolute Gasteiger partial charge is 0.494 e. The van der Waals surface area contributed by atoms with E-state index in [1.54, 1.807) is 20.1 Å². The van der Waals surface area contributed by atoms with Crippen LogP contribution in [0.15, 0.2) is 54.6 Å². The molecular formula is C24H30O3. The molecule has 0 aromatic heterocycles. The van der Waals surface area contributed by atoms with Crippen LogP contribution in [0.25, 0.3) is 17.2 Å². The zero-order valence-corrected chi connectivity index (χ0v) is 16.4. The molecule has 0 amide bonds. The van der Waals surface area contributed by atoms with Crippen molar-refractivity contribution >= 4 is 11.9 Å². The maximum absolute atomic E-state index is 11.0. The Hall–Kier alpha value is -2.39. The molecule has 0 atom stereocenters. The lowest BCUT2D eigenvalue weighted by atomic mass is 10.0. The summed E-state index contributed by atoms with van der Waals surface area (Å²) in [6.07, 6.45) is 9.32. The van der Waals surface area contributed by atoms with Gasteiger partial charge in [0.2, 0.25) is 0 Å². The number of ketones is 1. The molecule has 2 rings (SSSR count). The zero-order chi connectivity index (χ0) is 19.3. The molecule has 0 fully saturated rings. The maximum Gasteiger partial charge on any atom is 0.152 e. The summed E-state index contributed by atoms with van der Waals surface area (Å²) in [5, 5.41) is 0. The number of ether oxygens (including phenoxy) is 2. The van der Waals surface area contributed by atoms with Crippen LogP contribution in [0.5, 0.6) is 5.75 Å². The summed E-state index contributed by atoms with van der Waals surface area (Å²) in [5.74, 6) is 0.972. The van der Waals surface area contributed by atoms with E-state index in [1.165, 1.54) is 19.3 Å². The van der Waals surface area contributed by atoms with Crippen LogP contribution in [0.1, 0.15) is 44.6 Å². The van der Waals surface area contributed by atoms with Gasteiger partial charge in [-0.3, -0.25) is 4.79 Å². The van der Waals surface area contributed by atoms with Gasteiger partial charge in [-0.25, -0.2) is 0 Å². The number of allylic oxidation sites excluding steroid dienone is 1. The van der Waals surface area contributed by atoms with E-state index in [2.05, 4.69) is 24.3 Å². The molecule has 0 radical (unpaired) electrons. The molecule has 0 aliphatic rings. The van der Waals surface area contributed by atoms with Crippen LogP contribution >= 0.6 is 0 Å². The third kappa shape index (κ3) is 8.23. The Morgan fingerprint density at radius 1 is 0.815 bits per heavy atom. The molecule has 0 saturated carbocycles. The van der Waals surface area contributed by atoms with Crippen LogP contribution in [-0.4, -0.2) is 26.1 Å². The van der Waals surface area contributed by atoms with Crippen LogP contribution in [0.2, 0.25) is 0 Å². The van der Waals surface area contributed by atoms with E-state index in [4.69, 9.17) is 9.47 Å². The van der Waals surface area contributed by atoms with E-state index >= 15 is 0 Å². The first-order chi connectivity index (χ1) is 13.2. The number of rotatable bonds is 12. The highest BCUT2D eigenvalue weighted by molar-refractivity contribution is 5.91. The smallest absolute Gasteiger partial charge is 0.152 e. The number of carbonyl (C=O) groups excluding carboxylic acids is 1. The van der Waals surface area contributed by atoms with Gasteiger partial charge >= 0.3 is 0 Å². The van der Waals surface area contributed by atoms with Gasteiger partial charge in [0.05, 0.1) is 6.61 Å². The SMILES string of the molecule is COCCCCCCCOc1ccc(-c2ccc(C=CC(C)=O)cc2)cc1. The van der Waals surface area contributed by atoms with Gasteiger partial charge in [-0.05, 0) is 54.7 Å². The first kappa shape index (κ1) is 20.9. The topological polar surface area (TPSA) is 35.5 Å². The summed E-state index contributed by atoms with van der Waals surface area (Å²) >= 11 is 0. The molecule has 0 bridgehead atoms. The van der Waals surface area contributed by atoms with Crippen LogP contribution in [0.3, 0.4) is 0 Å². The Morgan fingerprint density at radius 3 is 1.96 bits per heavy atom. The summed E-state index contributed by atoms with van der Waals surface area (Å²) < 4.78 is 10.9. The fourth-order valence-corrected chi connectivity index (χ4v) is 2.81. The first-order valence-corrected chi connectivity index (χ1v) is 9.70. The van der Waals surface area contributed by atoms with Crippen molar-refractivity contribution in [3.05, 3.63) is 60.2 Å². The molecule has 0 N–H and O–H groups in total. The van der Waals surface area contributed by atoms with Gasteiger partial charge in [0, 0.05) is 13.7 Å². The number of carbonyl (C=O) groups is 1. The van der Waals surface area contributed by atoms with Crippen molar-refractivity contribution in [2.45, 2.75) is 39.0 Å². The van der Waals surface area contributed by atoms with E-state index in [0.29, 0.717) is 0 Å². The van der Waals surface area contributed by atoms with Gasteiger partial charge in [-0.1, -0.05) is 61.7 Å². The average molecular weight is 367 g/mol. The van der Waals surface area contributed by atoms with Gasteiger partial charge in [-0.15, -0.1) is 0 Å². The predicted molar refractivity (Wildman–Crippen MR) is 112 cm³/mol. The Morgan fingerprint density at radius 2 is 1.37 bits per heavy atom. The van der Waals surface area contributed by atoms with Crippen LogP contribution in [-0.2, 0) is 9.53 Å². The Kier molecular flexibility index (Phi) is 9.36. The summed E-state index contributed by atoms with van der Waals surface area (Å²) in [4.78, 5) is 11.0. The zero-order valence-electron chi connectivity index (χ0n) is 16.4. The van der Waals surface area contributed by atoms with Crippen molar-refractivity contribution in [1.82, 2.24) is 0 Å². The molecule has 0 unspecified atom stereocenters. The van der Waals surface area contributed by atoms with E-state index in [9.17, 15) is 4.79 Å². The molecule has 0 saturated heterocycles. The molecule has 2 aromatic carbocycles. The second-order valence-electron chi connectivity index (χ2n) is 6.70. The highest BCUT2D eigenvalue weighted by Crippen LogP contribution is 2.23. The molecule has 144 valence electrons. The minimum absolute atomic E-state index is 0.0563. The molecule has 0 aliphatic heterocycles. The van der Waals surface area contributed by atoms with Crippen LogP contribution in [0.4, 0.5) is 0 Å². The molecular weight excluding hydrogens is 336 g/mol. The van der Waals surface area contributed by atoms with Gasteiger partial charge in [-0.2, -0.15) is 0 Å². The number of benzene rings is 2. The lowest BCUT2D eigenvalue weighted by molar-refractivity contribution is -0.112. The summed E-state index contributed by atoms with van der Waals surface area (Å²) in [6, 6.07) is 16.4. The molecule has 27 heavy (non-hydrogen) atoms. The molecule has 0 spiro atoms. The normalized spacial score (nSPS) is 11.0. The standard InChI is InChI=1S/C24H30O3/c1-20(25)8-9-21-10-12-22(13-11-21)23-14-16-24(17-15-23)27-19-7-5-3-4-6-18-26-2/h8-17H,3-7,18-19H2,1-2H3. The van der Waals surface area contributed by atoms with Crippen LogP contribution in [0, 0.1) is 0 Å². The van der Waals surface area contributed by atoms with Crippen molar-refractivity contribution in [2.24, 2.45) is 0 Å². The van der Waals surface area contributed by atoms with Crippen molar-refractivity contribution in [2.75, 3.05) is 20.3 Å². The van der Waals surface area contributed by atoms with Crippen LogP contribution < -0.4 is 4.74 Å². The fraction of sp³-hybridized carbons (Fsp3) is 0.375.